The third-order valence-electron chi connectivity index (χ3n) is 3.07. The molecule has 1 aromatic carbocycles. The van der Waals surface area contributed by atoms with E-state index in [1.165, 1.54) is 11.3 Å². The first kappa shape index (κ1) is 16.0. The molecule has 4 nitrogen and oxygen atoms in total. The van der Waals surface area contributed by atoms with Gasteiger partial charge in [-0.25, -0.2) is 0 Å². The first-order chi connectivity index (χ1) is 9.31. The molecule has 19 heavy (non-hydrogen) atoms. The van der Waals surface area contributed by atoms with Crippen molar-refractivity contribution in [3.8, 4) is 0 Å². The van der Waals surface area contributed by atoms with Gasteiger partial charge in [-0.15, -0.1) is 0 Å². The van der Waals surface area contributed by atoms with E-state index < -0.39 is 0 Å². The van der Waals surface area contributed by atoms with E-state index in [4.69, 9.17) is 15.2 Å². The van der Waals surface area contributed by atoms with Gasteiger partial charge in [0.25, 0.3) is 0 Å². The molecule has 0 aromatic heterocycles. The van der Waals surface area contributed by atoms with E-state index >= 15 is 0 Å². The molecule has 0 heterocycles. The number of benzene rings is 1. The van der Waals surface area contributed by atoms with Gasteiger partial charge in [-0.05, 0) is 31.0 Å². The maximum Gasteiger partial charge on any atom is 0.0700 e. The van der Waals surface area contributed by atoms with E-state index in [2.05, 4.69) is 36.1 Å². The van der Waals surface area contributed by atoms with Crippen molar-refractivity contribution in [2.45, 2.75) is 19.9 Å². The average Bonchev–Trinajstić information content (AvgIpc) is 2.47. The lowest BCUT2D eigenvalue weighted by atomic mass is 10.2. The highest BCUT2D eigenvalue weighted by atomic mass is 16.5. The molecule has 0 aliphatic rings. The Balaban J connectivity index is 2.31. The van der Waals surface area contributed by atoms with Crippen molar-refractivity contribution in [3.63, 3.8) is 0 Å². The number of hydrogen-bond donors (Lipinski definition) is 1. The fourth-order valence-corrected chi connectivity index (χ4v) is 1.91. The van der Waals surface area contributed by atoms with Crippen LogP contribution in [0.1, 0.15) is 18.9 Å². The van der Waals surface area contributed by atoms with Crippen LogP contribution in [0.15, 0.2) is 24.3 Å². The van der Waals surface area contributed by atoms with Crippen LogP contribution in [0.4, 0.5) is 5.69 Å². The largest absolute Gasteiger partial charge is 0.382 e. The van der Waals surface area contributed by atoms with Gasteiger partial charge in [0, 0.05) is 39.0 Å². The Kier molecular flexibility index (Phi) is 8.21. The number of nitrogens with zero attached hydrogens (tertiary/aromatic N) is 1. The Bertz CT molecular complexity index is 327. The number of rotatable bonds is 10. The van der Waals surface area contributed by atoms with Gasteiger partial charge in [0.1, 0.15) is 0 Å². The number of ether oxygens (including phenoxy) is 2. The second-order valence-electron chi connectivity index (χ2n) is 4.41. The summed E-state index contributed by atoms with van der Waals surface area (Å²) < 4.78 is 10.4. The Hall–Kier alpha value is -1.10. The molecule has 1 aromatic rings. The van der Waals surface area contributed by atoms with Crippen molar-refractivity contribution < 1.29 is 9.47 Å². The monoisotopic (exact) mass is 266 g/mol. The lowest BCUT2D eigenvalue weighted by Gasteiger charge is -2.23. The lowest BCUT2D eigenvalue weighted by molar-refractivity contribution is 0.0700. The number of methoxy groups -OCH3 is 1. The number of nitrogens with two attached hydrogens (primary N) is 1. The van der Waals surface area contributed by atoms with Crippen LogP contribution in [-0.4, -0.2) is 40.0 Å². The predicted molar refractivity (Wildman–Crippen MR) is 79.5 cm³/mol. The van der Waals surface area contributed by atoms with Gasteiger partial charge in [-0.2, -0.15) is 0 Å². The molecule has 0 amide bonds. The standard InChI is InChI=1S/C15H26N2O2/c1-3-17(9-4-10-19-12-11-18-2)15-7-5-14(13-16)6-8-15/h5-8H,3-4,9-13,16H2,1-2H3. The molecule has 108 valence electrons. The third-order valence-corrected chi connectivity index (χ3v) is 3.07. The fraction of sp³-hybridized carbons (Fsp3) is 0.600. The van der Waals surface area contributed by atoms with Crippen molar-refractivity contribution in [1.82, 2.24) is 0 Å². The van der Waals surface area contributed by atoms with Crippen LogP contribution < -0.4 is 10.6 Å². The van der Waals surface area contributed by atoms with Gasteiger partial charge < -0.3 is 20.1 Å². The van der Waals surface area contributed by atoms with Crippen LogP contribution in [0.2, 0.25) is 0 Å². The molecule has 0 bridgehead atoms. The highest BCUT2D eigenvalue weighted by molar-refractivity contribution is 5.47. The molecular formula is C15H26N2O2. The fourth-order valence-electron chi connectivity index (χ4n) is 1.91. The predicted octanol–water partition coefficient (Wildman–Crippen LogP) is 2.02. The molecule has 0 unspecified atom stereocenters. The van der Waals surface area contributed by atoms with Gasteiger partial charge in [-0.3, -0.25) is 0 Å². The molecule has 0 saturated heterocycles. The Morgan fingerprint density at radius 1 is 1.11 bits per heavy atom. The molecule has 0 atom stereocenters. The molecule has 0 radical (unpaired) electrons. The first-order valence-corrected chi connectivity index (χ1v) is 6.92. The highest BCUT2D eigenvalue weighted by Crippen LogP contribution is 2.15. The molecule has 0 saturated carbocycles. The summed E-state index contributed by atoms with van der Waals surface area (Å²) in [6.07, 6.45) is 1.02. The average molecular weight is 266 g/mol. The van der Waals surface area contributed by atoms with E-state index in [9.17, 15) is 0 Å². The van der Waals surface area contributed by atoms with Crippen LogP contribution in [-0.2, 0) is 16.0 Å². The molecular weight excluding hydrogens is 240 g/mol. The van der Waals surface area contributed by atoms with Gasteiger partial charge in [0.15, 0.2) is 0 Å². The summed E-state index contributed by atoms with van der Waals surface area (Å²) in [6, 6.07) is 8.45. The Morgan fingerprint density at radius 2 is 1.84 bits per heavy atom. The number of anilines is 1. The zero-order chi connectivity index (χ0) is 13.9. The summed E-state index contributed by atoms with van der Waals surface area (Å²) in [7, 11) is 1.69. The Morgan fingerprint density at radius 3 is 2.42 bits per heavy atom. The molecule has 4 heteroatoms. The van der Waals surface area contributed by atoms with E-state index in [0.717, 1.165) is 26.1 Å². The quantitative estimate of drug-likeness (QED) is 0.658. The van der Waals surface area contributed by atoms with Gasteiger partial charge in [-0.1, -0.05) is 12.1 Å². The maximum atomic E-state index is 5.61. The topological polar surface area (TPSA) is 47.7 Å². The van der Waals surface area contributed by atoms with E-state index in [0.29, 0.717) is 19.8 Å². The van der Waals surface area contributed by atoms with Crippen molar-refractivity contribution >= 4 is 5.69 Å². The maximum absolute atomic E-state index is 5.61. The van der Waals surface area contributed by atoms with E-state index in [-0.39, 0.29) is 0 Å². The minimum Gasteiger partial charge on any atom is -0.382 e. The second-order valence-corrected chi connectivity index (χ2v) is 4.41. The van der Waals surface area contributed by atoms with Gasteiger partial charge >= 0.3 is 0 Å². The van der Waals surface area contributed by atoms with E-state index in [1.54, 1.807) is 7.11 Å². The lowest BCUT2D eigenvalue weighted by Crippen LogP contribution is -2.25. The van der Waals surface area contributed by atoms with Crippen LogP contribution in [0.3, 0.4) is 0 Å². The van der Waals surface area contributed by atoms with Crippen molar-refractivity contribution in [2.24, 2.45) is 5.73 Å². The highest BCUT2D eigenvalue weighted by Gasteiger charge is 2.03. The van der Waals surface area contributed by atoms with Crippen LogP contribution in [0.5, 0.6) is 0 Å². The van der Waals surface area contributed by atoms with Crippen LogP contribution in [0.25, 0.3) is 0 Å². The third kappa shape index (κ3) is 6.05. The molecule has 0 fully saturated rings. The zero-order valence-electron chi connectivity index (χ0n) is 12.1. The second kappa shape index (κ2) is 9.78. The summed E-state index contributed by atoms with van der Waals surface area (Å²) in [6.45, 7) is 6.89. The summed E-state index contributed by atoms with van der Waals surface area (Å²) in [4.78, 5) is 2.35. The first-order valence-electron chi connectivity index (χ1n) is 6.92. The van der Waals surface area contributed by atoms with Crippen molar-refractivity contribution in [2.75, 3.05) is 44.9 Å². The molecule has 0 aliphatic heterocycles. The molecule has 2 N–H and O–H groups in total. The van der Waals surface area contributed by atoms with Gasteiger partial charge in [0.2, 0.25) is 0 Å². The molecule has 1 rings (SSSR count). The smallest absolute Gasteiger partial charge is 0.0700 e. The summed E-state index contributed by atoms with van der Waals surface area (Å²) >= 11 is 0. The summed E-state index contributed by atoms with van der Waals surface area (Å²) in [5, 5.41) is 0. The van der Waals surface area contributed by atoms with Crippen molar-refractivity contribution in [3.05, 3.63) is 29.8 Å². The van der Waals surface area contributed by atoms with Crippen LogP contribution >= 0.6 is 0 Å². The molecule has 0 spiro atoms. The van der Waals surface area contributed by atoms with Crippen molar-refractivity contribution in [1.29, 1.82) is 0 Å². The number of hydrogen-bond acceptors (Lipinski definition) is 4. The minimum absolute atomic E-state index is 0.597. The zero-order valence-corrected chi connectivity index (χ0v) is 12.1. The Labute approximate surface area is 116 Å². The summed E-state index contributed by atoms with van der Waals surface area (Å²) in [5.41, 5.74) is 8.02. The minimum atomic E-state index is 0.597. The van der Waals surface area contributed by atoms with Gasteiger partial charge in [0.05, 0.1) is 13.2 Å². The molecule has 0 aliphatic carbocycles. The summed E-state index contributed by atoms with van der Waals surface area (Å²) in [5.74, 6) is 0. The normalized spacial score (nSPS) is 10.7. The van der Waals surface area contributed by atoms with E-state index in [1.807, 2.05) is 0 Å². The van der Waals surface area contributed by atoms with Crippen LogP contribution in [0, 0.1) is 0 Å². The SMILES string of the molecule is CCN(CCCOCCOC)c1ccc(CN)cc1.